The van der Waals surface area contributed by atoms with Gasteiger partial charge in [-0.05, 0) is 12.2 Å². The summed E-state index contributed by atoms with van der Waals surface area (Å²) in [6, 6.07) is 4.19. The molecule has 0 unspecified atom stereocenters. The van der Waals surface area contributed by atoms with Crippen LogP contribution in [0, 0.1) is 27.5 Å². The van der Waals surface area contributed by atoms with Crippen molar-refractivity contribution in [3.63, 3.8) is 0 Å². The van der Waals surface area contributed by atoms with Crippen LogP contribution < -0.4 is 0 Å². The molecule has 0 radical (unpaired) electrons. The van der Waals surface area contributed by atoms with Gasteiger partial charge in [-0.2, -0.15) is 10.5 Å². The minimum Gasteiger partial charge on any atom is -0.414 e. The van der Waals surface area contributed by atoms with Gasteiger partial charge in [0.25, 0.3) is 4.84 Å². The molecule has 0 saturated heterocycles. The molecule has 0 aromatic carbocycles. The van der Waals surface area contributed by atoms with Gasteiger partial charge in [-0.3, -0.25) is 4.90 Å². The van der Waals surface area contributed by atoms with Crippen LogP contribution in [0.1, 0.15) is 38.5 Å². The van der Waals surface area contributed by atoms with Crippen molar-refractivity contribution >= 4 is 12.2 Å². The van der Waals surface area contributed by atoms with Crippen molar-refractivity contribution in [1.29, 1.82) is 10.5 Å². The fourth-order valence-electron chi connectivity index (χ4n) is 1.50. The molecule has 1 aromatic heterocycles. The van der Waals surface area contributed by atoms with Crippen molar-refractivity contribution in [2.24, 2.45) is 0 Å². The number of hydrogen-bond acceptors (Lipinski definition) is 6. The minimum atomic E-state index is 0.176. The van der Waals surface area contributed by atoms with Crippen LogP contribution in [0.2, 0.25) is 0 Å². The van der Waals surface area contributed by atoms with Gasteiger partial charge < -0.3 is 4.42 Å². The third-order valence-electron chi connectivity index (χ3n) is 2.53. The Morgan fingerprint density at radius 3 is 2.32 bits per heavy atom. The molecular weight excluding hydrogens is 262 g/mol. The summed E-state index contributed by atoms with van der Waals surface area (Å²) in [5.41, 5.74) is 0. The van der Waals surface area contributed by atoms with E-state index in [1.165, 1.54) is 0 Å². The normalized spacial score (nSPS) is 10.6. The Morgan fingerprint density at radius 2 is 1.89 bits per heavy atom. The zero-order valence-electron chi connectivity index (χ0n) is 11.2. The highest BCUT2D eigenvalue weighted by molar-refractivity contribution is 7.71. The van der Waals surface area contributed by atoms with Crippen LogP contribution in [0.5, 0.6) is 0 Å². The Morgan fingerprint density at radius 1 is 1.32 bits per heavy atom. The van der Waals surface area contributed by atoms with E-state index in [1.807, 2.05) is 18.7 Å². The lowest BCUT2D eigenvalue weighted by atomic mass is 10.2. The molecule has 0 aliphatic heterocycles. The van der Waals surface area contributed by atoms with Crippen LogP contribution >= 0.6 is 12.2 Å². The first-order valence-corrected chi connectivity index (χ1v) is 6.53. The molecule has 0 amide bonds. The van der Waals surface area contributed by atoms with Crippen LogP contribution in [-0.2, 0) is 6.67 Å². The van der Waals surface area contributed by atoms with Gasteiger partial charge in [-0.1, -0.05) is 13.8 Å². The first-order chi connectivity index (χ1) is 9.08. The molecule has 1 aromatic rings. The SMILES string of the molecule is CC(C)c1nn(CN(CCC#N)CCC#N)c(=S)o1. The van der Waals surface area contributed by atoms with Gasteiger partial charge >= 0.3 is 0 Å². The highest BCUT2D eigenvalue weighted by Gasteiger charge is 2.12. The zero-order valence-corrected chi connectivity index (χ0v) is 12.0. The molecule has 0 spiro atoms. The maximum atomic E-state index is 8.63. The Labute approximate surface area is 117 Å². The smallest absolute Gasteiger partial charge is 0.288 e. The predicted octanol–water partition coefficient (Wildman–Crippen LogP) is 2.42. The molecule has 102 valence electrons. The van der Waals surface area contributed by atoms with E-state index in [1.54, 1.807) is 4.68 Å². The fraction of sp³-hybridized carbons (Fsp3) is 0.667. The number of aromatic nitrogens is 2. The van der Waals surface area contributed by atoms with E-state index >= 15 is 0 Å². The van der Waals surface area contributed by atoms with Crippen molar-refractivity contribution in [3.8, 4) is 12.1 Å². The Kier molecular flexibility index (Phi) is 6.20. The molecule has 1 heterocycles. The average molecular weight is 279 g/mol. The summed E-state index contributed by atoms with van der Waals surface area (Å²) in [5, 5.41) is 21.6. The lowest BCUT2D eigenvalue weighted by Gasteiger charge is -2.18. The Bertz CT molecular complexity index is 516. The maximum Gasteiger partial charge on any atom is 0.288 e. The molecule has 0 atom stereocenters. The van der Waals surface area contributed by atoms with Crippen LogP contribution in [0.4, 0.5) is 0 Å². The molecule has 1 rings (SSSR count). The Hall–Kier alpha value is -1.70. The van der Waals surface area contributed by atoms with Crippen molar-refractivity contribution in [3.05, 3.63) is 10.7 Å². The molecule has 6 nitrogen and oxygen atoms in total. The van der Waals surface area contributed by atoms with Gasteiger partial charge in [0, 0.05) is 31.8 Å². The molecule has 0 N–H and O–H groups in total. The number of nitrogens with zero attached hydrogens (tertiary/aromatic N) is 5. The average Bonchev–Trinajstić information content (AvgIpc) is 2.74. The highest BCUT2D eigenvalue weighted by atomic mass is 32.1. The lowest BCUT2D eigenvalue weighted by molar-refractivity contribution is 0.211. The summed E-state index contributed by atoms with van der Waals surface area (Å²) in [5.74, 6) is 0.778. The van der Waals surface area contributed by atoms with Gasteiger partial charge in [0.2, 0.25) is 5.89 Å². The molecule has 7 heteroatoms. The Balaban J connectivity index is 2.75. The molecule has 0 aliphatic rings. The van der Waals surface area contributed by atoms with E-state index in [-0.39, 0.29) is 5.92 Å². The van der Waals surface area contributed by atoms with Gasteiger partial charge in [-0.15, -0.1) is 5.10 Å². The van der Waals surface area contributed by atoms with E-state index in [4.69, 9.17) is 27.2 Å². The zero-order chi connectivity index (χ0) is 14.3. The minimum absolute atomic E-state index is 0.176. The van der Waals surface area contributed by atoms with E-state index in [9.17, 15) is 0 Å². The summed E-state index contributed by atoms with van der Waals surface area (Å²) >= 11 is 5.11. The van der Waals surface area contributed by atoms with E-state index in [0.29, 0.717) is 43.3 Å². The number of rotatable bonds is 7. The second-order valence-electron chi connectivity index (χ2n) is 4.44. The molecule has 0 bridgehead atoms. The van der Waals surface area contributed by atoms with Gasteiger partial charge in [0.15, 0.2) is 0 Å². The molecule has 0 saturated carbocycles. The van der Waals surface area contributed by atoms with E-state index in [0.717, 1.165) is 0 Å². The largest absolute Gasteiger partial charge is 0.414 e. The van der Waals surface area contributed by atoms with E-state index < -0.39 is 0 Å². The van der Waals surface area contributed by atoms with Crippen molar-refractivity contribution in [1.82, 2.24) is 14.7 Å². The third-order valence-corrected chi connectivity index (χ3v) is 2.82. The van der Waals surface area contributed by atoms with Crippen LogP contribution in [0.25, 0.3) is 0 Å². The lowest BCUT2D eigenvalue weighted by Crippen LogP contribution is -2.29. The fourth-order valence-corrected chi connectivity index (χ4v) is 1.69. The topological polar surface area (TPSA) is 81.8 Å². The van der Waals surface area contributed by atoms with Gasteiger partial charge in [-0.25, -0.2) is 4.68 Å². The van der Waals surface area contributed by atoms with Crippen molar-refractivity contribution < 1.29 is 4.42 Å². The second kappa shape index (κ2) is 7.67. The monoisotopic (exact) mass is 279 g/mol. The number of hydrogen-bond donors (Lipinski definition) is 0. The summed E-state index contributed by atoms with van der Waals surface area (Å²) < 4.78 is 6.99. The van der Waals surface area contributed by atoms with Crippen LogP contribution in [-0.4, -0.2) is 27.8 Å². The highest BCUT2D eigenvalue weighted by Crippen LogP contribution is 2.12. The predicted molar refractivity (Wildman–Crippen MR) is 71.4 cm³/mol. The molecule has 0 aliphatic carbocycles. The number of nitriles is 2. The standard InChI is InChI=1S/C12H17N5OS/c1-10(2)11-15-17(12(19)18-11)9-16(7-3-5-13)8-4-6-14/h10H,3-4,7-9H2,1-2H3. The van der Waals surface area contributed by atoms with Gasteiger partial charge in [0.05, 0.1) is 18.8 Å². The first kappa shape index (κ1) is 15.4. The van der Waals surface area contributed by atoms with Crippen LogP contribution in [0.3, 0.4) is 0 Å². The third kappa shape index (κ3) is 4.82. The summed E-state index contributed by atoms with van der Waals surface area (Å²) in [6.45, 7) is 5.58. The summed E-state index contributed by atoms with van der Waals surface area (Å²) in [6.07, 6.45) is 0.821. The van der Waals surface area contributed by atoms with Gasteiger partial charge in [0.1, 0.15) is 0 Å². The quantitative estimate of drug-likeness (QED) is 0.713. The molecular formula is C12H17N5OS. The van der Waals surface area contributed by atoms with Crippen molar-refractivity contribution in [2.45, 2.75) is 39.3 Å². The second-order valence-corrected chi connectivity index (χ2v) is 4.79. The maximum absolute atomic E-state index is 8.63. The van der Waals surface area contributed by atoms with Crippen molar-refractivity contribution in [2.75, 3.05) is 13.1 Å². The summed E-state index contributed by atoms with van der Waals surface area (Å²) in [7, 11) is 0. The van der Waals surface area contributed by atoms with Crippen LogP contribution in [0.15, 0.2) is 4.42 Å². The summed E-state index contributed by atoms with van der Waals surface area (Å²) in [4.78, 5) is 2.29. The van der Waals surface area contributed by atoms with E-state index in [2.05, 4.69) is 17.2 Å². The first-order valence-electron chi connectivity index (χ1n) is 6.12. The molecule has 0 fully saturated rings. The molecule has 19 heavy (non-hydrogen) atoms.